The highest BCUT2D eigenvalue weighted by molar-refractivity contribution is 7.22. The van der Waals surface area contributed by atoms with Crippen molar-refractivity contribution >= 4 is 38.1 Å². The molecule has 1 aromatic heterocycles. The van der Waals surface area contributed by atoms with Gasteiger partial charge >= 0.3 is 0 Å². The zero-order valence-electron chi connectivity index (χ0n) is 13.7. The van der Waals surface area contributed by atoms with Gasteiger partial charge in [-0.2, -0.15) is 0 Å². The SMILES string of the molecule is Cc1cc(C)c(Nc2nc3c(C)c(C)cc(N)c3s2)c(C)c1. The summed E-state index contributed by atoms with van der Waals surface area (Å²) >= 11 is 1.62. The number of benzene rings is 2. The summed E-state index contributed by atoms with van der Waals surface area (Å²) in [6.07, 6.45) is 0. The number of nitrogens with two attached hydrogens (primary N) is 1. The van der Waals surface area contributed by atoms with Crippen LogP contribution in [0.15, 0.2) is 18.2 Å². The Kier molecular flexibility index (Phi) is 3.57. The quantitative estimate of drug-likeness (QED) is 0.642. The van der Waals surface area contributed by atoms with Gasteiger partial charge in [-0.25, -0.2) is 4.98 Å². The highest BCUT2D eigenvalue weighted by Crippen LogP contribution is 2.36. The van der Waals surface area contributed by atoms with Gasteiger partial charge in [0.1, 0.15) is 0 Å². The van der Waals surface area contributed by atoms with Gasteiger partial charge in [-0.05, 0) is 62.9 Å². The van der Waals surface area contributed by atoms with Crippen molar-refractivity contribution in [3.63, 3.8) is 0 Å². The van der Waals surface area contributed by atoms with Gasteiger partial charge in [0, 0.05) is 5.69 Å². The second-order valence-electron chi connectivity index (χ2n) is 6.00. The molecule has 0 saturated heterocycles. The Balaban J connectivity index is 2.09. The highest BCUT2D eigenvalue weighted by atomic mass is 32.1. The Morgan fingerprint density at radius 3 is 2.23 bits per heavy atom. The average molecular weight is 311 g/mol. The van der Waals surface area contributed by atoms with E-state index in [0.717, 1.165) is 26.7 Å². The van der Waals surface area contributed by atoms with Crippen LogP contribution in [0.3, 0.4) is 0 Å². The number of nitrogens with one attached hydrogen (secondary N) is 1. The van der Waals surface area contributed by atoms with Crippen molar-refractivity contribution in [2.75, 3.05) is 11.1 Å². The van der Waals surface area contributed by atoms with E-state index in [9.17, 15) is 0 Å². The fraction of sp³-hybridized carbons (Fsp3) is 0.278. The molecule has 2 aromatic carbocycles. The third-order valence-corrected chi connectivity index (χ3v) is 5.14. The molecule has 22 heavy (non-hydrogen) atoms. The largest absolute Gasteiger partial charge is 0.398 e. The first-order valence-electron chi connectivity index (χ1n) is 7.38. The minimum Gasteiger partial charge on any atom is -0.398 e. The molecule has 1 heterocycles. The van der Waals surface area contributed by atoms with Gasteiger partial charge in [0.2, 0.25) is 0 Å². The molecular formula is C18H21N3S. The van der Waals surface area contributed by atoms with Crippen molar-refractivity contribution in [3.8, 4) is 0 Å². The van der Waals surface area contributed by atoms with Crippen LogP contribution >= 0.6 is 11.3 Å². The maximum absolute atomic E-state index is 6.15. The topological polar surface area (TPSA) is 50.9 Å². The average Bonchev–Trinajstić information content (AvgIpc) is 2.85. The van der Waals surface area contributed by atoms with Crippen LogP contribution < -0.4 is 11.1 Å². The van der Waals surface area contributed by atoms with Crippen LogP contribution in [0.1, 0.15) is 27.8 Å². The number of aromatic nitrogens is 1. The van der Waals surface area contributed by atoms with Gasteiger partial charge in [-0.3, -0.25) is 0 Å². The van der Waals surface area contributed by atoms with Crippen molar-refractivity contribution < 1.29 is 0 Å². The molecule has 3 rings (SSSR count). The summed E-state index contributed by atoms with van der Waals surface area (Å²) in [5.74, 6) is 0. The lowest BCUT2D eigenvalue weighted by Crippen LogP contribution is -1.96. The number of hydrogen-bond donors (Lipinski definition) is 2. The Morgan fingerprint density at radius 1 is 0.955 bits per heavy atom. The van der Waals surface area contributed by atoms with Gasteiger partial charge < -0.3 is 11.1 Å². The first-order chi connectivity index (χ1) is 10.4. The standard InChI is InChI=1S/C18H21N3S/c1-9-6-11(3)15(12(4)7-9)20-18-21-16-13(5)10(2)8-14(19)17(16)22-18/h6-8H,19H2,1-5H3,(H,20,21). The fourth-order valence-corrected chi connectivity index (χ4v) is 3.86. The molecule has 0 aliphatic rings. The number of rotatable bonds is 2. The van der Waals surface area contributed by atoms with Crippen LogP contribution in [-0.4, -0.2) is 4.98 Å². The van der Waals surface area contributed by atoms with Crippen molar-refractivity contribution in [1.29, 1.82) is 0 Å². The lowest BCUT2D eigenvalue weighted by atomic mass is 10.1. The number of fused-ring (bicyclic) bond motifs is 1. The first kappa shape index (κ1) is 14.9. The third kappa shape index (κ3) is 2.44. The normalized spacial score (nSPS) is 11.1. The molecule has 3 nitrogen and oxygen atoms in total. The summed E-state index contributed by atoms with van der Waals surface area (Å²) in [5, 5.41) is 4.38. The smallest absolute Gasteiger partial charge is 0.188 e. The monoisotopic (exact) mass is 311 g/mol. The van der Waals surface area contributed by atoms with E-state index in [4.69, 9.17) is 10.7 Å². The molecule has 3 aromatic rings. The lowest BCUT2D eigenvalue weighted by Gasteiger charge is -2.11. The van der Waals surface area contributed by atoms with Crippen molar-refractivity contribution in [1.82, 2.24) is 4.98 Å². The van der Waals surface area contributed by atoms with E-state index in [0.29, 0.717) is 0 Å². The molecule has 0 atom stereocenters. The summed E-state index contributed by atoms with van der Waals surface area (Å²) in [7, 11) is 0. The molecule has 4 heteroatoms. The van der Waals surface area contributed by atoms with Gasteiger partial charge in [-0.15, -0.1) is 0 Å². The minimum atomic E-state index is 0.806. The third-order valence-electron chi connectivity index (χ3n) is 4.12. The molecule has 3 N–H and O–H groups in total. The molecule has 0 amide bonds. The lowest BCUT2D eigenvalue weighted by molar-refractivity contribution is 1.29. The Morgan fingerprint density at radius 2 is 1.59 bits per heavy atom. The second-order valence-corrected chi connectivity index (χ2v) is 7.00. The van der Waals surface area contributed by atoms with Gasteiger partial charge in [0.15, 0.2) is 5.13 Å². The van der Waals surface area contributed by atoms with Crippen LogP contribution in [-0.2, 0) is 0 Å². The predicted molar refractivity (Wildman–Crippen MR) is 97.4 cm³/mol. The molecule has 0 fully saturated rings. The van der Waals surface area contributed by atoms with E-state index in [2.05, 4.69) is 52.1 Å². The molecule has 114 valence electrons. The minimum absolute atomic E-state index is 0.806. The predicted octanol–water partition coefficient (Wildman–Crippen LogP) is 5.16. The van der Waals surface area contributed by atoms with Gasteiger partial charge in [-0.1, -0.05) is 29.0 Å². The Labute approximate surface area is 135 Å². The Bertz CT molecular complexity index is 855. The van der Waals surface area contributed by atoms with E-state index in [1.165, 1.54) is 27.8 Å². The number of aryl methyl sites for hydroxylation is 5. The molecule has 0 aliphatic carbocycles. The highest BCUT2D eigenvalue weighted by Gasteiger charge is 2.13. The van der Waals surface area contributed by atoms with Crippen molar-refractivity contribution in [2.24, 2.45) is 0 Å². The van der Waals surface area contributed by atoms with Crippen LogP contribution in [0.2, 0.25) is 0 Å². The number of nitrogens with zero attached hydrogens (tertiary/aromatic N) is 1. The zero-order valence-corrected chi connectivity index (χ0v) is 14.5. The van der Waals surface area contributed by atoms with Crippen LogP contribution in [0.4, 0.5) is 16.5 Å². The summed E-state index contributed by atoms with van der Waals surface area (Å²) in [5.41, 5.74) is 15.2. The summed E-state index contributed by atoms with van der Waals surface area (Å²) in [4.78, 5) is 4.76. The molecule has 0 aliphatic heterocycles. The van der Waals surface area contributed by atoms with Gasteiger partial charge in [0.05, 0.1) is 15.9 Å². The summed E-state index contributed by atoms with van der Waals surface area (Å²) in [6, 6.07) is 6.40. The number of nitrogen functional groups attached to an aromatic ring is 1. The maximum atomic E-state index is 6.15. The fourth-order valence-electron chi connectivity index (χ4n) is 2.90. The molecule has 0 radical (unpaired) electrons. The van der Waals surface area contributed by atoms with Crippen molar-refractivity contribution in [3.05, 3.63) is 46.0 Å². The number of thiazole rings is 1. The van der Waals surface area contributed by atoms with E-state index in [1.807, 2.05) is 6.07 Å². The molecule has 0 spiro atoms. The van der Waals surface area contributed by atoms with Crippen molar-refractivity contribution in [2.45, 2.75) is 34.6 Å². The van der Waals surface area contributed by atoms with Crippen LogP contribution in [0.25, 0.3) is 10.2 Å². The van der Waals surface area contributed by atoms with Crippen LogP contribution in [0.5, 0.6) is 0 Å². The number of anilines is 3. The van der Waals surface area contributed by atoms with E-state index >= 15 is 0 Å². The molecule has 0 bridgehead atoms. The van der Waals surface area contributed by atoms with Gasteiger partial charge in [0.25, 0.3) is 0 Å². The summed E-state index contributed by atoms with van der Waals surface area (Å²) in [6.45, 7) is 10.5. The van der Waals surface area contributed by atoms with E-state index in [1.54, 1.807) is 11.3 Å². The first-order valence-corrected chi connectivity index (χ1v) is 8.19. The second kappa shape index (κ2) is 5.29. The van der Waals surface area contributed by atoms with E-state index in [-0.39, 0.29) is 0 Å². The molecule has 0 saturated carbocycles. The Hall–Kier alpha value is -2.07. The molecule has 0 unspecified atom stereocenters. The zero-order chi connectivity index (χ0) is 16.0. The van der Waals surface area contributed by atoms with E-state index < -0.39 is 0 Å². The summed E-state index contributed by atoms with van der Waals surface area (Å²) < 4.78 is 1.06. The molecular weight excluding hydrogens is 290 g/mol. The maximum Gasteiger partial charge on any atom is 0.188 e. The van der Waals surface area contributed by atoms with Crippen LogP contribution in [0, 0.1) is 34.6 Å². The number of hydrogen-bond acceptors (Lipinski definition) is 4.